The predicted octanol–water partition coefficient (Wildman–Crippen LogP) is 0.744. The van der Waals surface area contributed by atoms with Crippen LogP contribution in [0.15, 0.2) is 65.8 Å². The van der Waals surface area contributed by atoms with Gasteiger partial charge in [-0.2, -0.15) is 0 Å². The van der Waals surface area contributed by atoms with E-state index in [1.807, 2.05) is 30.3 Å². The molecule has 41 heavy (non-hydrogen) atoms. The first kappa shape index (κ1) is 29.7. The van der Waals surface area contributed by atoms with E-state index >= 15 is 0 Å². The molecular formula is C29H35N5O7. The molecule has 0 spiro atoms. The minimum atomic E-state index is -1.74. The van der Waals surface area contributed by atoms with Crippen molar-refractivity contribution >= 4 is 29.8 Å². The van der Waals surface area contributed by atoms with Crippen molar-refractivity contribution in [3.63, 3.8) is 0 Å². The Balaban J connectivity index is 1.43. The van der Waals surface area contributed by atoms with E-state index in [0.29, 0.717) is 18.4 Å². The highest BCUT2D eigenvalue weighted by Gasteiger charge is 2.44. The first-order valence-electron chi connectivity index (χ1n) is 13.7. The Bertz CT molecular complexity index is 1220. The van der Waals surface area contributed by atoms with Crippen molar-refractivity contribution in [3.8, 4) is 0 Å². The van der Waals surface area contributed by atoms with Gasteiger partial charge in [-0.05, 0) is 37.0 Å². The molecule has 0 aliphatic carbocycles. The molecule has 2 heterocycles. The Morgan fingerprint density at radius 2 is 1.76 bits per heavy atom. The zero-order valence-corrected chi connectivity index (χ0v) is 22.6. The average molecular weight is 566 g/mol. The number of nitrogens with zero attached hydrogens (tertiary/aromatic N) is 3. The number of rotatable bonds is 11. The first-order chi connectivity index (χ1) is 19.8. The summed E-state index contributed by atoms with van der Waals surface area (Å²) >= 11 is 0. The molecule has 0 aromatic heterocycles. The summed E-state index contributed by atoms with van der Waals surface area (Å²) in [7, 11) is 0. The summed E-state index contributed by atoms with van der Waals surface area (Å²) in [5.41, 5.74) is 1.44. The quantitative estimate of drug-likeness (QED) is 0.135. The highest BCUT2D eigenvalue weighted by molar-refractivity contribution is 5.99. The van der Waals surface area contributed by atoms with Crippen molar-refractivity contribution in [2.45, 2.75) is 62.9 Å². The summed E-state index contributed by atoms with van der Waals surface area (Å²) in [6, 6.07) is 15.1. The number of hydrogen-bond acceptors (Lipinski definition) is 8. The lowest BCUT2D eigenvalue weighted by molar-refractivity contribution is -0.176. The number of benzene rings is 2. The lowest BCUT2D eigenvalue weighted by Crippen LogP contribution is -2.64. The smallest absolute Gasteiger partial charge is 0.264 e. The maximum absolute atomic E-state index is 13.6. The summed E-state index contributed by atoms with van der Waals surface area (Å²) < 4.78 is 0. The fraction of sp³-hybridized carbons (Fsp3) is 0.414. The zero-order chi connectivity index (χ0) is 29.2. The number of carbonyl (C=O) groups excluding carboxylic acids is 4. The number of aliphatic hydroxyl groups excluding tert-OH is 1. The number of hydrogen-bond donors (Lipinski definition) is 4. The number of aliphatic hydroxyl groups is 2. The molecule has 218 valence electrons. The van der Waals surface area contributed by atoms with Gasteiger partial charge in [0.15, 0.2) is 6.29 Å². The maximum atomic E-state index is 13.6. The topological polar surface area (TPSA) is 161 Å². The largest absolute Gasteiger partial charge is 0.396 e. The van der Waals surface area contributed by atoms with Crippen LogP contribution in [0.2, 0.25) is 0 Å². The number of nitrogens with one attached hydrogen (secondary N) is 2. The molecule has 0 bridgehead atoms. The van der Waals surface area contributed by atoms with Crippen LogP contribution in [0.3, 0.4) is 0 Å². The van der Waals surface area contributed by atoms with Gasteiger partial charge in [0.05, 0.1) is 12.3 Å². The third-order valence-electron chi connectivity index (χ3n) is 6.94. The molecule has 3 atom stereocenters. The van der Waals surface area contributed by atoms with Gasteiger partial charge in [0, 0.05) is 31.4 Å². The molecule has 4 N–H and O–H groups in total. The van der Waals surface area contributed by atoms with Gasteiger partial charge in [-0.3, -0.25) is 24.2 Å². The molecule has 2 fully saturated rings. The Hall–Kier alpha value is -4.29. The third-order valence-corrected chi connectivity index (χ3v) is 6.94. The van der Waals surface area contributed by atoms with Gasteiger partial charge in [-0.25, -0.2) is 5.01 Å². The van der Waals surface area contributed by atoms with Gasteiger partial charge in [0.1, 0.15) is 18.7 Å². The lowest BCUT2D eigenvalue weighted by Gasteiger charge is -2.43. The molecule has 2 aromatic rings. The van der Waals surface area contributed by atoms with E-state index in [0.717, 1.165) is 10.6 Å². The number of amides is 4. The average Bonchev–Trinajstić information content (AvgIpc) is 3.09. The van der Waals surface area contributed by atoms with Crippen molar-refractivity contribution < 1.29 is 34.2 Å². The van der Waals surface area contributed by atoms with Gasteiger partial charge in [0.2, 0.25) is 11.8 Å². The van der Waals surface area contributed by atoms with Crippen LogP contribution >= 0.6 is 0 Å². The molecule has 0 saturated carbocycles. The van der Waals surface area contributed by atoms with E-state index in [1.54, 1.807) is 30.3 Å². The third kappa shape index (κ3) is 8.12. The highest BCUT2D eigenvalue weighted by Crippen LogP contribution is 2.25. The number of fused-ring (bicyclic) bond motifs is 1. The second-order valence-corrected chi connectivity index (χ2v) is 9.94. The minimum absolute atomic E-state index is 0.0304. The van der Waals surface area contributed by atoms with Crippen LogP contribution in [0.4, 0.5) is 0 Å². The van der Waals surface area contributed by atoms with Crippen molar-refractivity contribution in [2.75, 3.05) is 13.2 Å². The zero-order valence-electron chi connectivity index (χ0n) is 22.6. The van der Waals surface area contributed by atoms with Crippen molar-refractivity contribution in [1.82, 2.24) is 20.7 Å². The van der Waals surface area contributed by atoms with Crippen LogP contribution in [0.5, 0.6) is 0 Å². The van der Waals surface area contributed by atoms with Gasteiger partial charge in [-0.15, -0.1) is 0 Å². The van der Waals surface area contributed by atoms with Crippen LogP contribution in [-0.2, 0) is 25.6 Å². The molecule has 4 amide bonds. The maximum Gasteiger partial charge on any atom is 0.264 e. The molecule has 0 radical (unpaired) electrons. The van der Waals surface area contributed by atoms with Gasteiger partial charge < -0.3 is 25.7 Å². The number of hydrazine groups is 1. The van der Waals surface area contributed by atoms with Crippen LogP contribution in [-0.4, -0.2) is 87.6 Å². The number of oxime groups is 1. The van der Waals surface area contributed by atoms with E-state index in [9.17, 15) is 29.4 Å². The van der Waals surface area contributed by atoms with Crippen LogP contribution in [0, 0.1) is 0 Å². The molecule has 12 nitrogen and oxygen atoms in total. The molecule has 12 heteroatoms. The SMILES string of the molecule is O=C(N[C@H]1CCC(=O)N2CCC[C@@H](C(=O)N[C@H](C=NOCCc3ccccc3)CC(O)O)N2C1=O)c1ccccc1. The van der Waals surface area contributed by atoms with Crippen LogP contribution in [0.1, 0.15) is 48.0 Å². The van der Waals surface area contributed by atoms with E-state index in [1.165, 1.54) is 11.2 Å². The number of carbonyl (C=O) groups is 4. The Kier molecular flexibility index (Phi) is 10.4. The summed E-state index contributed by atoms with van der Waals surface area (Å²) in [4.78, 5) is 58.1. The fourth-order valence-corrected chi connectivity index (χ4v) is 4.88. The Morgan fingerprint density at radius 1 is 1.05 bits per heavy atom. The normalized spacial score (nSPS) is 20.0. The molecular weight excluding hydrogens is 530 g/mol. The summed E-state index contributed by atoms with van der Waals surface area (Å²) in [6.07, 6.45) is 0.767. The molecule has 0 unspecified atom stereocenters. The molecule has 2 saturated heterocycles. The monoisotopic (exact) mass is 565 g/mol. The van der Waals surface area contributed by atoms with E-state index < -0.39 is 42.1 Å². The highest BCUT2D eigenvalue weighted by atomic mass is 16.6. The van der Waals surface area contributed by atoms with Crippen molar-refractivity contribution in [1.29, 1.82) is 0 Å². The first-order valence-corrected chi connectivity index (χ1v) is 13.7. The van der Waals surface area contributed by atoms with E-state index in [4.69, 9.17) is 4.84 Å². The summed E-state index contributed by atoms with van der Waals surface area (Å²) in [5.74, 6) is -1.92. The van der Waals surface area contributed by atoms with E-state index in [2.05, 4.69) is 15.8 Å². The minimum Gasteiger partial charge on any atom is -0.396 e. The summed E-state index contributed by atoms with van der Waals surface area (Å²) in [5, 5.41) is 30.8. The van der Waals surface area contributed by atoms with Crippen molar-refractivity contribution in [2.24, 2.45) is 5.16 Å². The molecule has 2 aliphatic heterocycles. The van der Waals surface area contributed by atoms with Gasteiger partial charge >= 0.3 is 0 Å². The fourth-order valence-electron chi connectivity index (χ4n) is 4.88. The molecule has 2 aliphatic rings. The standard InChI is InChI=1S/C29H35N5O7/c35-25-14-13-23(32-27(38)21-10-5-2-6-11-21)29(40)34-24(12-7-16-33(25)34)28(39)31-22(18-26(36)37)19-30-41-17-15-20-8-3-1-4-9-20/h1-6,8-11,19,22-24,26,36-37H,7,12-18H2,(H,31,39)(H,32,38)/t22-,23-,24-/m0/s1. The lowest BCUT2D eigenvalue weighted by atomic mass is 10.0. The van der Waals surface area contributed by atoms with Crippen LogP contribution < -0.4 is 10.6 Å². The Labute approximate surface area is 237 Å². The van der Waals surface area contributed by atoms with Crippen molar-refractivity contribution in [3.05, 3.63) is 71.8 Å². The van der Waals surface area contributed by atoms with Gasteiger partial charge in [-0.1, -0.05) is 53.7 Å². The van der Waals surface area contributed by atoms with Gasteiger partial charge in [0.25, 0.3) is 11.8 Å². The molecule has 2 aromatic carbocycles. The van der Waals surface area contributed by atoms with Crippen LogP contribution in [0.25, 0.3) is 0 Å². The molecule has 4 rings (SSSR count). The van der Waals surface area contributed by atoms with E-state index in [-0.39, 0.29) is 44.7 Å². The second-order valence-electron chi connectivity index (χ2n) is 9.94. The Morgan fingerprint density at radius 3 is 2.46 bits per heavy atom. The predicted molar refractivity (Wildman–Crippen MR) is 148 cm³/mol. The summed E-state index contributed by atoms with van der Waals surface area (Å²) in [6.45, 7) is 0.546. The second kappa shape index (κ2) is 14.4.